The number of hydrogen-bond acceptors (Lipinski definition) is 6. The number of carbonyl (C=O) groups excluding carboxylic acids is 1. The van der Waals surface area contributed by atoms with Crippen LogP contribution >= 0.6 is 11.6 Å². The zero-order valence-electron chi connectivity index (χ0n) is 21.0. The first kappa shape index (κ1) is 28.0. The highest BCUT2D eigenvalue weighted by Gasteiger charge is 2.27. The Kier molecular flexibility index (Phi) is 9.93. The van der Waals surface area contributed by atoms with Crippen LogP contribution in [-0.4, -0.2) is 40.3 Å². The van der Waals surface area contributed by atoms with Gasteiger partial charge in [-0.1, -0.05) is 42.3 Å². The number of nitrogens with one attached hydrogen (secondary N) is 1. The van der Waals surface area contributed by atoms with E-state index in [-0.39, 0.29) is 10.6 Å². The van der Waals surface area contributed by atoms with Crippen molar-refractivity contribution in [2.45, 2.75) is 32.1 Å². The minimum Gasteiger partial charge on any atom is -0.490 e. The van der Waals surface area contributed by atoms with Gasteiger partial charge in [-0.15, -0.1) is 0 Å². The largest absolute Gasteiger partial charge is 0.490 e. The van der Waals surface area contributed by atoms with E-state index < -0.39 is 22.5 Å². The van der Waals surface area contributed by atoms with Gasteiger partial charge in [0.2, 0.25) is 0 Å². The number of halogens is 1. The summed E-state index contributed by atoms with van der Waals surface area (Å²) in [5.41, 5.74) is 4.25. The number of benzene rings is 3. The number of aryl methyl sites for hydroxylation is 1. The van der Waals surface area contributed by atoms with Crippen molar-refractivity contribution in [3.63, 3.8) is 0 Å². The molecule has 3 aromatic rings. The van der Waals surface area contributed by atoms with Gasteiger partial charge < -0.3 is 9.47 Å². The van der Waals surface area contributed by atoms with Crippen molar-refractivity contribution in [1.82, 2.24) is 5.43 Å². The van der Waals surface area contributed by atoms with Crippen LogP contribution < -0.4 is 19.2 Å². The Morgan fingerprint density at radius 1 is 1.03 bits per heavy atom. The van der Waals surface area contributed by atoms with Crippen LogP contribution in [0.3, 0.4) is 0 Å². The zero-order chi connectivity index (χ0) is 26.8. The van der Waals surface area contributed by atoms with Crippen molar-refractivity contribution in [1.29, 1.82) is 0 Å². The smallest absolute Gasteiger partial charge is 0.264 e. The van der Waals surface area contributed by atoms with Gasteiger partial charge in [-0.05, 0) is 74.4 Å². The van der Waals surface area contributed by atoms with Gasteiger partial charge in [0.15, 0.2) is 11.5 Å². The number of sulfonamides is 1. The summed E-state index contributed by atoms with van der Waals surface area (Å²) in [6, 6.07) is 18.0. The molecule has 0 fully saturated rings. The number of nitrogens with zero attached hydrogens (tertiary/aromatic N) is 2. The molecule has 0 aromatic heterocycles. The molecule has 3 aromatic carbocycles. The monoisotopic (exact) mass is 543 g/mol. The predicted octanol–water partition coefficient (Wildman–Crippen LogP) is 5.18. The fourth-order valence-corrected chi connectivity index (χ4v) is 4.93. The Labute approximate surface area is 222 Å². The van der Waals surface area contributed by atoms with Gasteiger partial charge in [-0.3, -0.25) is 9.10 Å². The maximum absolute atomic E-state index is 13.4. The molecule has 0 unspecified atom stereocenters. The number of carbonyl (C=O) groups is 1. The topological polar surface area (TPSA) is 97.3 Å². The van der Waals surface area contributed by atoms with Crippen molar-refractivity contribution in [2.75, 3.05) is 24.1 Å². The van der Waals surface area contributed by atoms with Gasteiger partial charge in [-0.25, -0.2) is 13.8 Å². The Bertz CT molecular complexity index is 1340. The molecule has 0 radical (unpaired) electrons. The highest BCUT2D eigenvalue weighted by molar-refractivity contribution is 7.92. The minimum atomic E-state index is -4.05. The number of rotatable bonds is 12. The van der Waals surface area contributed by atoms with Gasteiger partial charge in [0.05, 0.1) is 30.0 Å². The molecule has 0 spiro atoms. The van der Waals surface area contributed by atoms with Crippen molar-refractivity contribution in [3.05, 3.63) is 82.9 Å². The lowest BCUT2D eigenvalue weighted by molar-refractivity contribution is -0.119. The van der Waals surface area contributed by atoms with E-state index in [2.05, 4.69) is 10.5 Å². The summed E-state index contributed by atoms with van der Waals surface area (Å²) in [6.07, 6.45) is 2.31. The van der Waals surface area contributed by atoms with Crippen LogP contribution in [0, 0.1) is 6.92 Å². The summed E-state index contributed by atoms with van der Waals surface area (Å²) in [7, 11) is -4.05. The fraction of sp³-hybridized carbons (Fsp3) is 0.259. The van der Waals surface area contributed by atoms with Crippen molar-refractivity contribution in [3.8, 4) is 11.5 Å². The Morgan fingerprint density at radius 2 is 1.78 bits per heavy atom. The normalized spacial score (nSPS) is 11.4. The number of ether oxygens (including phenoxy) is 2. The molecule has 0 aliphatic carbocycles. The molecule has 3 rings (SSSR count). The summed E-state index contributed by atoms with van der Waals surface area (Å²) in [4.78, 5) is 12.8. The molecule has 0 bridgehead atoms. The van der Waals surface area contributed by atoms with E-state index in [9.17, 15) is 13.2 Å². The second-order valence-electron chi connectivity index (χ2n) is 8.09. The summed E-state index contributed by atoms with van der Waals surface area (Å²) < 4.78 is 39.2. The Balaban J connectivity index is 1.78. The van der Waals surface area contributed by atoms with E-state index in [4.69, 9.17) is 21.1 Å². The van der Waals surface area contributed by atoms with Gasteiger partial charge in [-0.2, -0.15) is 5.10 Å². The molecule has 0 heterocycles. The molecule has 37 heavy (non-hydrogen) atoms. The zero-order valence-corrected chi connectivity index (χ0v) is 22.6. The van der Waals surface area contributed by atoms with Gasteiger partial charge in [0.25, 0.3) is 15.9 Å². The molecule has 10 heteroatoms. The minimum absolute atomic E-state index is 0.0585. The lowest BCUT2D eigenvalue weighted by atomic mass is 10.2. The molecule has 0 aliphatic rings. The van der Waals surface area contributed by atoms with Crippen LogP contribution in [0.2, 0.25) is 5.02 Å². The first-order valence-electron chi connectivity index (χ1n) is 11.8. The SMILES string of the molecule is CCCOc1ccc(/C=N\NC(=O)CN(c2cccc(Cl)c2)S(=O)(=O)c2ccc(C)cc2)cc1OCC. The second kappa shape index (κ2) is 13.1. The second-order valence-corrected chi connectivity index (χ2v) is 10.4. The maximum Gasteiger partial charge on any atom is 0.264 e. The third kappa shape index (κ3) is 7.71. The molecular formula is C27H30ClN3O5S. The molecule has 0 saturated carbocycles. The van der Waals surface area contributed by atoms with Crippen LogP contribution in [-0.2, 0) is 14.8 Å². The van der Waals surface area contributed by atoms with Crippen LogP contribution in [0.25, 0.3) is 0 Å². The van der Waals surface area contributed by atoms with Gasteiger partial charge in [0, 0.05) is 5.02 Å². The Hall–Kier alpha value is -3.56. The number of hydrogen-bond donors (Lipinski definition) is 1. The van der Waals surface area contributed by atoms with Crippen LogP contribution in [0.1, 0.15) is 31.4 Å². The third-order valence-electron chi connectivity index (χ3n) is 5.12. The van der Waals surface area contributed by atoms with E-state index in [0.717, 1.165) is 16.3 Å². The van der Waals surface area contributed by atoms with Crippen LogP contribution in [0.5, 0.6) is 11.5 Å². The molecule has 196 valence electrons. The molecule has 8 nitrogen and oxygen atoms in total. The lowest BCUT2D eigenvalue weighted by Crippen LogP contribution is -2.39. The van der Waals surface area contributed by atoms with E-state index in [1.54, 1.807) is 48.5 Å². The molecular weight excluding hydrogens is 514 g/mol. The molecule has 0 saturated heterocycles. The van der Waals surface area contributed by atoms with Gasteiger partial charge in [0.1, 0.15) is 6.54 Å². The molecule has 0 aliphatic heterocycles. The fourth-order valence-electron chi connectivity index (χ4n) is 3.33. The maximum atomic E-state index is 13.4. The van der Waals surface area contributed by atoms with E-state index in [0.29, 0.717) is 35.3 Å². The lowest BCUT2D eigenvalue weighted by Gasteiger charge is -2.24. The number of anilines is 1. The molecule has 1 N–H and O–H groups in total. The number of hydrazone groups is 1. The molecule has 0 atom stereocenters. The quantitative estimate of drug-likeness (QED) is 0.251. The summed E-state index contributed by atoms with van der Waals surface area (Å²) in [5, 5.41) is 4.34. The van der Waals surface area contributed by atoms with Crippen LogP contribution in [0.4, 0.5) is 5.69 Å². The van der Waals surface area contributed by atoms with Crippen molar-refractivity contribution in [2.24, 2.45) is 5.10 Å². The Morgan fingerprint density at radius 3 is 2.46 bits per heavy atom. The average molecular weight is 544 g/mol. The van der Waals surface area contributed by atoms with E-state index in [1.807, 2.05) is 20.8 Å². The average Bonchev–Trinajstić information content (AvgIpc) is 2.87. The van der Waals surface area contributed by atoms with Gasteiger partial charge >= 0.3 is 0 Å². The summed E-state index contributed by atoms with van der Waals surface area (Å²) in [6.45, 7) is 6.29. The number of amides is 1. The molecule has 1 amide bonds. The first-order valence-corrected chi connectivity index (χ1v) is 13.6. The standard InChI is InChI=1S/C27H30ClN3O5S/c1-4-15-36-25-14-11-21(16-26(25)35-5-2)18-29-30-27(32)19-31(23-8-6-7-22(28)17-23)37(33,34)24-12-9-20(3)10-13-24/h6-14,16-18H,4-5,15,19H2,1-3H3,(H,30,32)/b29-18-. The van der Waals surface area contributed by atoms with Crippen LogP contribution in [0.15, 0.2) is 76.7 Å². The van der Waals surface area contributed by atoms with E-state index >= 15 is 0 Å². The van der Waals surface area contributed by atoms with Crippen molar-refractivity contribution < 1.29 is 22.7 Å². The van der Waals surface area contributed by atoms with E-state index in [1.165, 1.54) is 24.4 Å². The highest BCUT2D eigenvalue weighted by Crippen LogP contribution is 2.28. The van der Waals surface area contributed by atoms with Crippen molar-refractivity contribution >= 4 is 39.4 Å². The predicted molar refractivity (Wildman–Crippen MR) is 146 cm³/mol. The summed E-state index contributed by atoms with van der Waals surface area (Å²) >= 11 is 6.10. The summed E-state index contributed by atoms with van der Waals surface area (Å²) in [5.74, 6) is 0.575. The first-order chi connectivity index (χ1) is 17.7. The highest BCUT2D eigenvalue weighted by atomic mass is 35.5. The third-order valence-corrected chi connectivity index (χ3v) is 7.15.